The molecule has 0 rings (SSSR count). The molecule has 0 saturated heterocycles. The van der Waals surface area contributed by atoms with Gasteiger partial charge in [0.1, 0.15) is 0 Å². The molecule has 0 aromatic rings. The second-order valence-corrected chi connectivity index (χ2v) is 1.99. The van der Waals surface area contributed by atoms with Crippen LogP contribution in [0.15, 0.2) is 0 Å². The average Bonchev–Trinajstić information content (AvgIpc) is 1.61. The Hall–Kier alpha value is 0.400. The highest BCUT2D eigenvalue weighted by Gasteiger charge is 1.90. The van der Waals surface area contributed by atoms with Gasteiger partial charge in [-0.05, 0) is 13.8 Å². The number of quaternary nitrogens is 1. The lowest BCUT2D eigenvalue weighted by molar-refractivity contribution is -0.683. The normalized spacial score (nSPS) is 9.00. The molecule has 8 heavy (non-hydrogen) atoms. The van der Waals surface area contributed by atoms with Crippen LogP contribution in [0.3, 0.4) is 0 Å². The van der Waals surface area contributed by atoms with Crippen molar-refractivity contribution in [2.75, 3.05) is 13.2 Å². The highest BCUT2D eigenvalue weighted by Crippen LogP contribution is 1.59. The van der Waals surface area contributed by atoms with Crippen LogP contribution in [0.2, 0.25) is 0 Å². The van der Waals surface area contributed by atoms with Gasteiger partial charge >= 0.3 is 0 Å². The van der Waals surface area contributed by atoms with Gasteiger partial charge < -0.3 is 27.4 Å². The van der Waals surface area contributed by atoms with Crippen LogP contribution in [-0.2, 0) is 0 Å². The third-order valence-corrected chi connectivity index (χ3v) is 0.767. The van der Waals surface area contributed by atoms with Crippen LogP contribution in [0.5, 0.6) is 0 Å². The predicted molar refractivity (Wildman–Crippen MR) is 29.0 cm³/mol. The number of halogens is 1. The van der Waals surface area contributed by atoms with Crippen LogP contribution in [-0.4, -0.2) is 24.3 Å². The first kappa shape index (κ1) is 11.2. The summed E-state index contributed by atoms with van der Waals surface area (Å²) >= 11 is 0. The zero-order chi connectivity index (χ0) is 5.70. The summed E-state index contributed by atoms with van der Waals surface area (Å²) < 4.78 is 0. The van der Waals surface area contributed by atoms with Gasteiger partial charge in [0.2, 0.25) is 0 Å². The molecule has 0 aliphatic rings. The number of aliphatic hydroxyl groups excluding tert-OH is 1. The van der Waals surface area contributed by atoms with Crippen molar-refractivity contribution in [1.82, 2.24) is 0 Å². The van der Waals surface area contributed by atoms with E-state index in [0.29, 0.717) is 6.04 Å². The Labute approximate surface area is 61.1 Å². The summed E-state index contributed by atoms with van der Waals surface area (Å²) in [6.45, 7) is 5.33. The first-order chi connectivity index (χ1) is 3.27. The van der Waals surface area contributed by atoms with Gasteiger partial charge in [-0.2, -0.15) is 0 Å². The Morgan fingerprint density at radius 3 is 2.12 bits per heavy atom. The third kappa shape index (κ3) is 9.64. The van der Waals surface area contributed by atoms with Crippen LogP contribution >= 0.6 is 0 Å². The highest BCUT2D eigenvalue weighted by atomic mass is 79.9. The molecule has 0 saturated carbocycles. The molecule has 0 unspecified atom stereocenters. The van der Waals surface area contributed by atoms with Gasteiger partial charge in [0.15, 0.2) is 0 Å². The Morgan fingerprint density at radius 2 is 2.00 bits per heavy atom. The van der Waals surface area contributed by atoms with E-state index in [1.54, 1.807) is 0 Å². The summed E-state index contributed by atoms with van der Waals surface area (Å²) in [6.07, 6.45) is 0. The maximum atomic E-state index is 8.28. The van der Waals surface area contributed by atoms with Crippen LogP contribution in [0.1, 0.15) is 13.8 Å². The molecule has 0 aliphatic carbocycles. The minimum Gasteiger partial charge on any atom is -1.00 e. The maximum Gasteiger partial charge on any atom is 0.0992 e. The molecule has 0 radical (unpaired) electrons. The largest absolute Gasteiger partial charge is 1.00 e. The first-order valence-electron chi connectivity index (χ1n) is 2.71. The monoisotopic (exact) mass is 183 g/mol. The summed E-state index contributed by atoms with van der Waals surface area (Å²) in [5.74, 6) is 0. The first-order valence-corrected chi connectivity index (χ1v) is 2.71. The van der Waals surface area contributed by atoms with Crippen molar-refractivity contribution in [3.05, 3.63) is 0 Å². The van der Waals surface area contributed by atoms with Gasteiger partial charge in [0.25, 0.3) is 0 Å². The van der Waals surface area contributed by atoms with Crippen LogP contribution < -0.4 is 22.3 Å². The standard InChI is InChI=1S/C5H13NO.BrH/c1-5(2)6-3-4-7;/h5-7H,3-4H2,1-2H3;1H. The Bertz CT molecular complexity index is 41.4. The lowest BCUT2D eigenvalue weighted by Gasteiger charge is -1.99. The number of hydrogen-bond acceptors (Lipinski definition) is 1. The van der Waals surface area contributed by atoms with Gasteiger partial charge in [0, 0.05) is 0 Å². The van der Waals surface area contributed by atoms with Crippen LogP contribution in [0.4, 0.5) is 0 Å². The summed E-state index contributed by atoms with van der Waals surface area (Å²) in [5, 5.41) is 10.4. The molecule has 0 bridgehead atoms. The number of hydrogen-bond donors (Lipinski definition) is 2. The lowest BCUT2D eigenvalue weighted by Crippen LogP contribution is -3.00. The van der Waals surface area contributed by atoms with E-state index in [0.717, 1.165) is 6.54 Å². The van der Waals surface area contributed by atoms with Gasteiger partial charge in [-0.3, -0.25) is 0 Å². The van der Waals surface area contributed by atoms with E-state index in [1.165, 1.54) is 0 Å². The van der Waals surface area contributed by atoms with Crippen molar-refractivity contribution in [3.63, 3.8) is 0 Å². The van der Waals surface area contributed by atoms with E-state index in [4.69, 9.17) is 5.11 Å². The van der Waals surface area contributed by atoms with Crippen molar-refractivity contribution in [1.29, 1.82) is 0 Å². The molecule has 0 amide bonds. The van der Waals surface area contributed by atoms with Gasteiger partial charge in [-0.1, -0.05) is 0 Å². The fourth-order valence-electron chi connectivity index (χ4n) is 0.408. The smallest absolute Gasteiger partial charge is 0.0992 e. The molecule has 0 aromatic heterocycles. The molecule has 0 spiro atoms. The van der Waals surface area contributed by atoms with Crippen molar-refractivity contribution < 1.29 is 27.4 Å². The molecule has 0 aliphatic heterocycles. The molecule has 0 fully saturated rings. The minimum atomic E-state index is 0. The summed E-state index contributed by atoms with van der Waals surface area (Å²) in [4.78, 5) is 0. The van der Waals surface area contributed by atoms with E-state index >= 15 is 0 Å². The SMILES string of the molecule is CC(C)[NH2+]CCO.[Br-]. The number of aliphatic hydroxyl groups is 1. The van der Waals surface area contributed by atoms with Crippen molar-refractivity contribution in [2.45, 2.75) is 19.9 Å². The maximum absolute atomic E-state index is 8.28. The summed E-state index contributed by atoms with van der Waals surface area (Å²) in [5.41, 5.74) is 0. The van der Waals surface area contributed by atoms with E-state index in [-0.39, 0.29) is 23.6 Å². The van der Waals surface area contributed by atoms with Crippen molar-refractivity contribution in [3.8, 4) is 0 Å². The molecular weight excluding hydrogens is 170 g/mol. The molecule has 3 N–H and O–H groups in total. The fourth-order valence-corrected chi connectivity index (χ4v) is 0.408. The van der Waals surface area contributed by atoms with E-state index in [1.807, 2.05) is 0 Å². The molecule has 0 atom stereocenters. The molecule has 2 nitrogen and oxygen atoms in total. The van der Waals surface area contributed by atoms with E-state index < -0.39 is 0 Å². The lowest BCUT2D eigenvalue weighted by atomic mass is 10.4. The molecule has 0 aromatic carbocycles. The predicted octanol–water partition coefficient (Wildman–Crippen LogP) is -4.05. The molecule has 52 valence electrons. The van der Waals surface area contributed by atoms with Gasteiger partial charge in [-0.25, -0.2) is 0 Å². The van der Waals surface area contributed by atoms with Crippen molar-refractivity contribution in [2.24, 2.45) is 0 Å². The Kier molecular flexibility index (Phi) is 10.4. The van der Waals surface area contributed by atoms with Crippen LogP contribution in [0, 0.1) is 0 Å². The summed E-state index contributed by atoms with van der Waals surface area (Å²) in [7, 11) is 0. The Morgan fingerprint density at radius 1 is 1.50 bits per heavy atom. The zero-order valence-electron chi connectivity index (χ0n) is 5.39. The molecule has 3 heteroatoms. The van der Waals surface area contributed by atoms with Crippen molar-refractivity contribution >= 4 is 0 Å². The third-order valence-electron chi connectivity index (χ3n) is 0.767. The van der Waals surface area contributed by atoms with E-state index in [9.17, 15) is 0 Å². The topological polar surface area (TPSA) is 36.8 Å². The molecule has 0 heterocycles. The highest BCUT2D eigenvalue weighted by molar-refractivity contribution is 4.25. The second kappa shape index (κ2) is 7.40. The fraction of sp³-hybridized carbons (Fsp3) is 1.00. The zero-order valence-corrected chi connectivity index (χ0v) is 6.98. The van der Waals surface area contributed by atoms with Crippen LogP contribution in [0.25, 0.3) is 0 Å². The van der Waals surface area contributed by atoms with Gasteiger partial charge in [0.05, 0.1) is 19.2 Å². The minimum absolute atomic E-state index is 0. The molecular formula is C5H14BrNO. The Balaban J connectivity index is 0. The number of nitrogens with two attached hydrogens (primary N) is 1. The number of rotatable bonds is 3. The van der Waals surface area contributed by atoms with Gasteiger partial charge in [-0.15, -0.1) is 0 Å². The quantitative estimate of drug-likeness (QED) is 0.460. The van der Waals surface area contributed by atoms with E-state index in [2.05, 4.69) is 19.2 Å². The second-order valence-electron chi connectivity index (χ2n) is 1.99. The average molecular weight is 184 g/mol. The summed E-state index contributed by atoms with van der Waals surface area (Å²) in [6, 6.07) is 0.618.